The van der Waals surface area contributed by atoms with Crippen molar-refractivity contribution in [2.24, 2.45) is 22.7 Å². The second kappa shape index (κ2) is 8.29. The molecule has 4 aliphatic rings. The molecular formula is C21H34O2S2. The highest BCUT2D eigenvalue weighted by atomic mass is 32.2. The molecule has 0 aromatic heterocycles. The van der Waals surface area contributed by atoms with E-state index in [9.17, 15) is 4.79 Å². The van der Waals surface area contributed by atoms with E-state index >= 15 is 0 Å². The lowest BCUT2D eigenvalue weighted by Gasteiger charge is -2.62. The van der Waals surface area contributed by atoms with Crippen molar-refractivity contribution in [3.63, 3.8) is 0 Å². The van der Waals surface area contributed by atoms with Gasteiger partial charge < -0.3 is 4.74 Å². The van der Waals surface area contributed by atoms with Gasteiger partial charge in [0.05, 0.1) is 6.61 Å². The number of carbonyl (C=O) groups excluding carboxylic acids is 1. The van der Waals surface area contributed by atoms with Gasteiger partial charge in [-0.15, -0.1) is 23.5 Å². The molecule has 0 aromatic carbocycles. The van der Waals surface area contributed by atoms with Crippen LogP contribution in [0, 0.1) is 22.7 Å². The van der Waals surface area contributed by atoms with Crippen molar-refractivity contribution < 1.29 is 9.53 Å². The van der Waals surface area contributed by atoms with Crippen LogP contribution in [-0.4, -0.2) is 28.7 Å². The predicted molar refractivity (Wildman–Crippen MR) is 110 cm³/mol. The average molecular weight is 383 g/mol. The molecule has 4 fully saturated rings. The third-order valence-corrected chi connectivity index (χ3v) is 10.1. The van der Waals surface area contributed by atoms with Crippen molar-refractivity contribution in [3.05, 3.63) is 12.7 Å². The molecule has 4 saturated carbocycles. The molecular weight excluding hydrogens is 348 g/mol. The lowest BCUT2D eigenvalue weighted by atomic mass is 9.45. The average Bonchev–Trinajstić information content (AvgIpc) is 2.59. The molecule has 3 unspecified atom stereocenters. The van der Waals surface area contributed by atoms with E-state index in [1.54, 1.807) is 0 Å². The van der Waals surface area contributed by atoms with Crippen LogP contribution < -0.4 is 0 Å². The fraction of sp³-hybridized carbons (Fsp3) is 0.857. The van der Waals surface area contributed by atoms with Crippen molar-refractivity contribution in [2.75, 3.05) is 18.1 Å². The molecule has 0 aliphatic heterocycles. The Morgan fingerprint density at radius 1 is 1.20 bits per heavy atom. The van der Waals surface area contributed by atoms with Crippen LogP contribution in [0.25, 0.3) is 0 Å². The number of ether oxygens (including phenoxy) is 1. The Balaban J connectivity index is 1.63. The molecule has 0 amide bonds. The van der Waals surface area contributed by atoms with Crippen molar-refractivity contribution in [2.45, 2.75) is 69.8 Å². The van der Waals surface area contributed by atoms with Crippen LogP contribution in [0.1, 0.15) is 65.2 Å². The van der Waals surface area contributed by atoms with Gasteiger partial charge in [-0.25, -0.2) is 4.79 Å². The molecule has 4 heteroatoms. The molecule has 4 aliphatic carbocycles. The van der Waals surface area contributed by atoms with E-state index in [1.165, 1.54) is 68.9 Å². The van der Waals surface area contributed by atoms with Gasteiger partial charge in [-0.3, -0.25) is 0 Å². The predicted octanol–water partition coefficient (Wildman–Crippen LogP) is 5.91. The van der Waals surface area contributed by atoms with Crippen LogP contribution >= 0.6 is 23.5 Å². The SMILES string of the molecule is C=CC(=O)OCC12CC3CC(C1)CC(CSC(CC)SCCC)(C3)C2. The number of carbonyl (C=O) groups is 1. The first-order valence-corrected chi connectivity index (χ1v) is 12.1. The minimum absolute atomic E-state index is 0.249. The lowest BCUT2D eigenvalue weighted by Crippen LogP contribution is -2.54. The zero-order chi connectivity index (χ0) is 17.9. The highest BCUT2D eigenvalue weighted by molar-refractivity contribution is 8.17. The summed E-state index contributed by atoms with van der Waals surface area (Å²) in [5.74, 6) is 4.08. The van der Waals surface area contributed by atoms with Gasteiger partial charge in [-0.1, -0.05) is 20.4 Å². The molecule has 0 aromatic rings. The van der Waals surface area contributed by atoms with Crippen LogP contribution in [0.15, 0.2) is 12.7 Å². The number of rotatable bonds is 10. The fourth-order valence-electron chi connectivity index (χ4n) is 6.07. The van der Waals surface area contributed by atoms with E-state index in [1.807, 2.05) is 0 Å². The third kappa shape index (κ3) is 4.61. The second-order valence-electron chi connectivity index (χ2n) is 8.79. The van der Waals surface area contributed by atoms with E-state index in [0.717, 1.165) is 16.4 Å². The third-order valence-electron chi connectivity index (χ3n) is 6.41. The first kappa shape index (κ1) is 19.7. The topological polar surface area (TPSA) is 26.3 Å². The summed E-state index contributed by atoms with van der Waals surface area (Å²) in [6.07, 6.45) is 11.9. The molecule has 4 bridgehead atoms. The number of thioether (sulfide) groups is 2. The van der Waals surface area contributed by atoms with Gasteiger partial charge in [0.25, 0.3) is 0 Å². The molecule has 0 spiro atoms. The van der Waals surface area contributed by atoms with Crippen molar-refractivity contribution in [3.8, 4) is 0 Å². The molecule has 3 atom stereocenters. The molecule has 0 N–H and O–H groups in total. The quantitative estimate of drug-likeness (QED) is 0.266. The Morgan fingerprint density at radius 3 is 2.48 bits per heavy atom. The Bertz CT molecular complexity index is 476. The summed E-state index contributed by atoms with van der Waals surface area (Å²) in [5, 5.41) is 0. The lowest BCUT2D eigenvalue weighted by molar-refractivity contribution is -0.157. The number of esters is 1. The van der Waals surface area contributed by atoms with E-state index in [2.05, 4.69) is 44.0 Å². The molecule has 4 rings (SSSR count). The maximum Gasteiger partial charge on any atom is 0.330 e. The Kier molecular flexibility index (Phi) is 6.52. The first-order valence-electron chi connectivity index (χ1n) is 10.0. The molecule has 0 heterocycles. The molecule has 2 nitrogen and oxygen atoms in total. The second-order valence-corrected chi connectivity index (χ2v) is 11.6. The minimum atomic E-state index is -0.249. The maximum atomic E-state index is 11.6. The summed E-state index contributed by atoms with van der Waals surface area (Å²) in [6.45, 7) is 8.77. The van der Waals surface area contributed by atoms with Gasteiger partial charge in [0, 0.05) is 21.8 Å². The summed E-state index contributed by atoms with van der Waals surface area (Å²) >= 11 is 4.37. The fourth-order valence-corrected chi connectivity index (χ4v) is 8.80. The first-order chi connectivity index (χ1) is 12.0. The molecule has 0 saturated heterocycles. The maximum absolute atomic E-state index is 11.6. The van der Waals surface area contributed by atoms with Gasteiger partial charge in [0.1, 0.15) is 0 Å². The van der Waals surface area contributed by atoms with Crippen molar-refractivity contribution in [1.82, 2.24) is 0 Å². The Hall–Kier alpha value is -0.0900. The zero-order valence-electron chi connectivity index (χ0n) is 15.9. The molecule has 25 heavy (non-hydrogen) atoms. The van der Waals surface area contributed by atoms with Gasteiger partial charge in [0.15, 0.2) is 0 Å². The Labute approximate surface area is 162 Å². The Morgan fingerprint density at radius 2 is 1.88 bits per heavy atom. The largest absolute Gasteiger partial charge is 0.462 e. The zero-order valence-corrected chi connectivity index (χ0v) is 17.6. The van der Waals surface area contributed by atoms with Crippen LogP contribution in [0.2, 0.25) is 0 Å². The van der Waals surface area contributed by atoms with Crippen LogP contribution in [0.3, 0.4) is 0 Å². The molecule has 0 radical (unpaired) electrons. The van der Waals surface area contributed by atoms with E-state index in [4.69, 9.17) is 4.74 Å². The highest BCUT2D eigenvalue weighted by Crippen LogP contribution is 2.66. The number of hydrogen-bond donors (Lipinski definition) is 0. The van der Waals surface area contributed by atoms with Gasteiger partial charge in [-0.2, -0.15) is 0 Å². The van der Waals surface area contributed by atoms with Gasteiger partial charge >= 0.3 is 5.97 Å². The summed E-state index contributed by atoms with van der Waals surface area (Å²) in [4.78, 5) is 11.6. The van der Waals surface area contributed by atoms with Crippen LogP contribution in [0.5, 0.6) is 0 Å². The van der Waals surface area contributed by atoms with Crippen LogP contribution in [-0.2, 0) is 9.53 Å². The standard InChI is InChI=1S/C21H34O2S2/c1-4-7-24-19(6-3)25-15-21-11-16-8-17(12-21)10-20(9-16,13-21)14-23-18(22)5-2/h5,16-17,19H,2,4,6-15H2,1,3H3. The van der Waals surface area contributed by atoms with Crippen molar-refractivity contribution in [1.29, 1.82) is 0 Å². The summed E-state index contributed by atoms with van der Waals surface area (Å²) in [6, 6.07) is 0. The molecule has 142 valence electrons. The minimum Gasteiger partial charge on any atom is -0.462 e. The smallest absolute Gasteiger partial charge is 0.330 e. The summed E-state index contributed by atoms with van der Waals surface area (Å²) < 4.78 is 6.31. The van der Waals surface area contributed by atoms with Gasteiger partial charge in [0.2, 0.25) is 0 Å². The highest BCUT2D eigenvalue weighted by Gasteiger charge is 2.57. The summed E-state index contributed by atoms with van der Waals surface area (Å²) in [7, 11) is 0. The van der Waals surface area contributed by atoms with E-state index < -0.39 is 0 Å². The monoisotopic (exact) mass is 382 g/mol. The van der Waals surface area contributed by atoms with Crippen LogP contribution in [0.4, 0.5) is 0 Å². The van der Waals surface area contributed by atoms with E-state index in [-0.39, 0.29) is 11.4 Å². The van der Waals surface area contributed by atoms with Gasteiger partial charge in [-0.05, 0) is 74.4 Å². The summed E-state index contributed by atoms with van der Waals surface area (Å²) in [5.41, 5.74) is 0.775. The van der Waals surface area contributed by atoms with E-state index in [0.29, 0.717) is 12.0 Å². The number of hydrogen-bond acceptors (Lipinski definition) is 4. The van der Waals surface area contributed by atoms with Crippen molar-refractivity contribution >= 4 is 29.5 Å². The normalized spacial score (nSPS) is 37.0.